The molecule has 0 spiro atoms. The molecule has 1 atom stereocenters. The number of phenolic OH excluding ortho intramolecular Hbond substituents is 1. The maximum absolute atomic E-state index is 13.6. The normalized spacial score (nSPS) is 16.8. The number of halogens is 1. The molecule has 0 aromatic heterocycles. The number of ketones is 1. The second kappa shape index (κ2) is 10.2. The van der Waals surface area contributed by atoms with Gasteiger partial charge in [0.05, 0.1) is 30.9 Å². The number of ether oxygens (including phenoxy) is 2. The van der Waals surface area contributed by atoms with Crippen molar-refractivity contribution in [2.24, 2.45) is 0 Å². The van der Waals surface area contributed by atoms with Gasteiger partial charge in [0.15, 0.2) is 11.5 Å². The zero-order valence-electron chi connectivity index (χ0n) is 21.3. The highest BCUT2D eigenvalue weighted by molar-refractivity contribution is 6.52. The maximum atomic E-state index is 13.6. The van der Waals surface area contributed by atoms with Gasteiger partial charge in [-0.25, -0.2) is 0 Å². The lowest BCUT2D eigenvalue weighted by atomic mass is 9.93. The summed E-state index contributed by atoms with van der Waals surface area (Å²) in [4.78, 5) is 28.4. The number of phenols is 1. The summed E-state index contributed by atoms with van der Waals surface area (Å²) in [5, 5.41) is 22.4. The van der Waals surface area contributed by atoms with Gasteiger partial charge < -0.3 is 19.7 Å². The lowest BCUT2D eigenvalue weighted by Gasteiger charge is -2.27. The highest BCUT2D eigenvalue weighted by atomic mass is 35.5. The first-order chi connectivity index (χ1) is 17.6. The van der Waals surface area contributed by atoms with Crippen LogP contribution in [0.2, 0.25) is 5.02 Å². The van der Waals surface area contributed by atoms with Crippen LogP contribution in [0, 0.1) is 20.8 Å². The number of aliphatic hydroxyl groups excluding tert-OH is 1. The summed E-state index contributed by atoms with van der Waals surface area (Å²) in [5.41, 5.74) is 3.44. The van der Waals surface area contributed by atoms with E-state index >= 15 is 0 Å². The number of Topliss-reactive ketones (excluding diaryl/α,β-unsaturated/α-hetero) is 1. The molecule has 1 fully saturated rings. The van der Waals surface area contributed by atoms with Crippen LogP contribution >= 0.6 is 11.6 Å². The molecule has 8 heteroatoms. The predicted octanol–water partition coefficient (Wildman–Crippen LogP) is 6.00. The lowest BCUT2D eigenvalue weighted by Crippen LogP contribution is -2.30. The van der Waals surface area contributed by atoms with Crippen LogP contribution in [-0.4, -0.2) is 35.6 Å². The van der Waals surface area contributed by atoms with Gasteiger partial charge in [-0.1, -0.05) is 23.7 Å². The number of rotatable bonds is 6. The number of methoxy groups -OCH3 is 1. The van der Waals surface area contributed by atoms with E-state index in [0.29, 0.717) is 39.8 Å². The number of aliphatic hydroxyl groups is 1. The summed E-state index contributed by atoms with van der Waals surface area (Å²) in [7, 11) is 1.48. The Morgan fingerprint density at radius 2 is 1.76 bits per heavy atom. The third kappa shape index (κ3) is 4.62. The Hall–Kier alpha value is -3.97. The average Bonchev–Trinajstić information content (AvgIpc) is 3.10. The third-order valence-electron chi connectivity index (χ3n) is 6.34. The van der Waals surface area contributed by atoms with E-state index in [-0.39, 0.29) is 22.8 Å². The van der Waals surface area contributed by atoms with Gasteiger partial charge in [0.2, 0.25) is 0 Å². The molecule has 1 saturated heterocycles. The Morgan fingerprint density at radius 3 is 2.41 bits per heavy atom. The Labute approximate surface area is 220 Å². The molecule has 0 bridgehead atoms. The van der Waals surface area contributed by atoms with E-state index in [1.165, 1.54) is 18.1 Å². The summed E-state index contributed by atoms with van der Waals surface area (Å²) in [6, 6.07) is 12.2. The fourth-order valence-corrected chi connectivity index (χ4v) is 5.03. The SMILES string of the molecule is CCOc1cc(C2/C(=C(\O)c3cc(C)cc(C)c3OC)C(=O)C(=O)N2c2ccc(Cl)cc2C)ccc1O. The number of aromatic hydroxyl groups is 1. The Kier molecular flexibility index (Phi) is 7.18. The summed E-state index contributed by atoms with van der Waals surface area (Å²) in [6.45, 7) is 7.57. The number of carbonyl (C=O) groups is 2. The van der Waals surface area contributed by atoms with Gasteiger partial charge in [0.1, 0.15) is 11.5 Å². The number of amides is 1. The van der Waals surface area contributed by atoms with Crippen LogP contribution in [-0.2, 0) is 9.59 Å². The number of benzene rings is 3. The molecule has 1 aliphatic rings. The Morgan fingerprint density at radius 1 is 1.03 bits per heavy atom. The molecule has 0 radical (unpaired) electrons. The van der Waals surface area contributed by atoms with Crippen molar-refractivity contribution in [3.05, 3.63) is 86.9 Å². The smallest absolute Gasteiger partial charge is 0.300 e. The molecule has 4 rings (SSSR count). The second-order valence-corrected chi connectivity index (χ2v) is 9.36. The van der Waals surface area contributed by atoms with Crippen LogP contribution in [0.4, 0.5) is 5.69 Å². The number of nitrogens with zero attached hydrogens (tertiary/aromatic N) is 1. The van der Waals surface area contributed by atoms with Gasteiger partial charge in [-0.3, -0.25) is 14.5 Å². The van der Waals surface area contributed by atoms with Crippen LogP contribution in [0.3, 0.4) is 0 Å². The Bertz CT molecular complexity index is 1440. The topological polar surface area (TPSA) is 96.3 Å². The van der Waals surface area contributed by atoms with Crippen LogP contribution in [0.25, 0.3) is 5.76 Å². The molecule has 3 aromatic rings. The van der Waals surface area contributed by atoms with Crippen LogP contribution in [0.15, 0.2) is 54.1 Å². The van der Waals surface area contributed by atoms with Crippen molar-refractivity contribution in [3.8, 4) is 17.2 Å². The van der Waals surface area contributed by atoms with Crippen LogP contribution in [0.5, 0.6) is 17.2 Å². The van der Waals surface area contributed by atoms with Gasteiger partial charge in [0, 0.05) is 10.7 Å². The lowest BCUT2D eigenvalue weighted by molar-refractivity contribution is -0.132. The summed E-state index contributed by atoms with van der Waals surface area (Å²) < 4.78 is 11.1. The molecule has 192 valence electrons. The monoisotopic (exact) mass is 521 g/mol. The first-order valence-corrected chi connectivity index (χ1v) is 12.1. The minimum Gasteiger partial charge on any atom is -0.507 e. The van der Waals surface area contributed by atoms with E-state index in [1.54, 1.807) is 50.2 Å². The van der Waals surface area contributed by atoms with Gasteiger partial charge in [-0.2, -0.15) is 0 Å². The molecule has 1 unspecified atom stereocenters. The van der Waals surface area contributed by atoms with Crippen molar-refractivity contribution in [3.63, 3.8) is 0 Å². The van der Waals surface area contributed by atoms with E-state index in [0.717, 1.165) is 11.1 Å². The summed E-state index contributed by atoms with van der Waals surface area (Å²) >= 11 is 6.16. The quantitative estimate of drug-likeness (QED) is 0.234. The van der Waals surface area contributed by atoms with Gasteiger partial charge in [-0.05, 0) is 86.3 Å². The molecule has 0 saturated carbocycles. The first-order valence-electron chi connectivity index (χ1n) is 11.8. The fourth-order valence-electron chi connectivity index (χ4n) is 4.80. The first kappa shape index (κ1) is 26.1. The number of anilines is 1. The van der Waals surface area contributed by atoms with Crippen LogP contribution < -0.4 is 14.4 Å². The number of carbonyl (C=O) groups excluding carboxylic acids is 2. The molecule has 7 nitrogen and oxygen atoms in total. The highest BCUT2D eigenvalue weighted by Gasteiger charge is 2.48. The van der Waals surface area contributed by atoms with Crippen molar-refractivity contribution >= 4 is 34.7 Å². The van der Waals surface area contributed by atoms with E-state index in [1.807, 2.05) is 19.9 Å². The highest BCUT2D eigenvalue weighted by Crippen LogP contribution is 2.46. The van der Waals surface area contributed by atoms with E-state index in [9.17, 15) is 19.8 Å². The molecule has 0 aliphatic carbocycles. The zero-order valence-corrected chi connectivity index (χ0v) is 22.0. The summed E-state index contributed by atoms with van der Waals surface area (Å²) in [5.74, 6) is -1.48. The van der Waals surface area contributed by atoms with Crippen molar-refractivity contribution in [2.75, 3.05) is 18.6 Å². The van der Waals surface area contributed by atoms with Gasteiger partial charge in [0.25, 0.3) is 11.7 Å². The molecule has 1 amide bonds. The predicted molar refractivity (Wildman–Crippen MR) is 143 cm³/mol. The molecule has 1 aliphatic heterocycles. The zero-order chi connectivity index (χ0) is 27.0. The molecule has 3 aromatic carbocycles. The molecule has 1 heterocycles. The Balaban J connectivity index is 2.04. The number of aryl methyl sites for hydroxylation is 3. The number of hydrogen-bond donors (Lipinski definition) is 2. The van der Waals surface area contributed by atoms with Gasteiger partial charge >= 0.3 is 0 Å². The fraction of sp³-hybridized carbons (Fsp3) is 0.241. The molecular weight excluding hydrogens is 494 g/mol. The van der Waals surface area contributed by atoms with Crippen molar-refractivity contribution in [2.45, 2.75) is 33.7 Å². The largest absolute Gasteiger partial charge is 0.507 e. The number of hydrogen-bond acceptors (Lipinski definition) is 6. The van der Waals surface area contributed by atoms with E-state index in [4.69, 9.17) is 21.1 Å². The molecule has 2 N–H and O–H groups in total. The third-order valence-corrected chi connectivity index (χ3v) is 6.58. The minimum absolute atomic E-state index is 0.0822. The van der Waals surface area contributed by atoms with E-state index < -0.39 is 17.7 Å². The average molecular weight is 522 g/mol. The van der Waals surface area contributed by atoms with E-state index in [2.05, 4.69) is 0 Å². The van der Waals surface area contributed by atoms with Crippen molar-refractivity contribution in [1.82, 2.24) is 0 Å². The summed E-state index contributed by atoms with van der Waals surface area (Å²) in [6.07, 6.45) is 0. The van der Waals surface area contributed by atoms with Gasteiger partial charge in [-0.15, -0.1) is 0 Å². The van der Waals surface area contributed by atoms with Crippen molar-refractivity contribution in [1.29, 1.82) is 0 Å². The van der Waals surface area contributed by atoms with Crippen LogP contribution in [0.1, 0.15) is 40.8 Å². The maximum Gasteiger partial charge on any atom is 0.300 e. The standard InChI is InChI=1S/C29H28ClNO6/c1-6-37-23-14-18(7-10-22(23)32)25-24(26(33)20-12-15(2)11-17(4)28(20)36-5)27(34)29(35)31(25)21-9-8-19(30)13-16(21)3/h7-14,25,32-33H,6H2,1-5H3/b26-24+. The minimum atomic E-state index is -1.01. The second-order valence-electron chi connectivity index (χ2n) is 8.92. The van der Waals surface area contributed by atoms with Crippen molar-refractivity contribution < 1.29 is 29.3 Å². The molecule has 37 heavy (non-hydrogen) atoms. The molecular formula is C29H28ClNO6.